The molecule has 0 heterocycles. The van der Waals surface area contributed by atoms with Gasteiger partial charge in [0, 0.05) is 18.3 Å². The van der Waals surface area contributed by atoms with E-state index in [9.17, 15) is 9.59 Å². The molecule has 1 unspecified atom stereocenters. The van der Waals surface area contributed by atoms with Crippen LogP contribution in [0.4, 0.5) is 0 Å². The first-order valence-corrected chi connectivity index (χ1v) is 9.78. The monoisotopic (exact) mass is 444 g/mol. The maximum atomic E-state index is 13.3. The second-order valence-electron chi connectivity index (χ2n) is 8.15. The molecule has 1 aromatic rings. The molecule has 0 saturated heterocycles. The molecule has 2 aliphatic carbocycles. The second kappa shape index (κ2) is 13.0. The van der Waals surface area contributed by atoms with Gasteiger partial charge in [0.1, 0.15) is 11.9 Å². The van der Waals surface area contributed by atoms with Gasteiger partial charge in [0.05, 0.1) is 6.61 Å². The second-order valence-corrected chi connectivity index (χ2v) is 8.15. The zero-order valence-electron chi connectivity index (χ0n) is 16.9. The molecule has 0 radical (unpaired) electrons. The van der Waals surface area contributed by atoms with E-state index in [1.54, 1.807) is 0 Å². The topological polar surface area (TPSA) is 43.4 Å². The summed E-state index contributed by atoms with van der Waals surface area (Å²) >= 11 is 0. The van der Waals surface area contributed by atoms with Crippen molar-refractivity contribution in [3.05, 3.63) is 35.9 Å². The Bertz CT molecular complexity index is 606. The molecule has 6 heteroatoms. The first kappa shape index (κ1) is 27.6. The van der Waals surface area contributed by atoms with E-state index in [2.05, 4.69) is 13.8 Å². The SMILES string of the molecule is CC(C)C[C@H](OCc1ccccc1)C(=O)C1CCC[C@H]2CCC(=O)[C@@H]12.S.S.S. The van der Waals surface area contributed by atoms with Crippen molar-refractivity contribution in [1.29, 1.82) is 0 Å². The molecule has 160 valence electrons. The average Bonchev–Trinajstić information content (AvgIpc) is 3.00. The summed E-state index contributed by atoms with van der Waals surface area (Å²) in [6.45, 7) is 4.70. The lowest BCUT2D eigenvalue weighted by molar-refractivity contribution is -0.143. The number of Topliss-reactive ketones (excluding diaryl/α,β-unsaturated/α-hetero) is 2. The number of ketones is 2. The number of hydrogen-bond donors (Lipinski definition) is 0. The molecular weight excluding hydrogens is 408 g/mol. The Labute approximate surface area is 190 Å². The molecule has 0 bridgehead atoms. The predicted molar refractivity (Wildman–Crippen MR) is 129 cm³/mol. The van der Waals surface area contributed by atoms with E-state index < -0.39 is 6.10 Å². The fourth-order valence-corrected chi connectivity index (χ4v) is 4.62. The Kier molecular flexibility index (Phi) is 12.8. The van der Waals surface area contributed by atoms with E-state index in [0.717, 1.165) is 37.7 Å². The summed E-state index contributed by atoms with van der Waals surface area (Å²) in [5.74, 6) is 1.17. The number of benzene rings is 1. The van der Waals surface area contributed by atoms with Crippen molar-refractivity contribution in [3.63, 3.8) is 0 Å². The van der Waals surface area contributed by atoms with Crippen LogP contribution in [0.1, 0.15) is 57.9 Å². The summed E-state index contributed by atoms with van der Waals surface area (Å²) in [5.41, 5.74) is 1.09. The third-order valence-corrected chi connectivity index (χ3v) is 5.83. The summed E-state index contributed by atoms with van der Waals surface area (Å²) in [6, 6.07) is 10.00. The number of carbonyl (C=O) groups is 2. The fourth-order valence-electron chi connectivity index (χ4n) is 4.62. The Hall–Kier alpha value is -0.430. The molecule has 4 atom stereocenters. The van der Waals surface area contributed by atoms with Crippen molar-refractivity contribution in [2.75, 3.05) is 0 Å². The molecule has 3 nitrogen and oxygen atoms in total. The van der Waals surface area contributed by atoms with Gasteiger partial charge in [-0.3, -0.25) is 9.59 Å². The van der Waals surface area contributed by atoms with E-state index in [1.165, 1.54) is 0 Å². The van der Waals surface area contributed by atoms with E-state index >= 15 is 0 Å². The lowest BCUT2D eigenvalue weighted by atomic mass is 9.70. The number of fused-ring (bicyclic) bond motifs is 1. The van der Waals surface area contributed by atoms with Gasteiger partial charge in [-0.25, -0.2) is 0 Å². The summed E-state index contributed by atoms with van der Waals surface area (Å²) in [6.07, 6.45) is 5.02. The van der Waals surface area contributed by atoms with Crippen molar-refractivity contribution in [2.24, 2.45) is 23.7 Å². The highest BCUT2D eigenvalue weighted by molar-refractivity contribution is 7.59. The van der Waals surface area contributed by atoms with Crippen LogP contribution >= 0.6 is 40.5 Å². The van der Waals surface area contributed by atoms with Crippen LogP contribution in [0.15, 0.2) is 30.3 Å². The largest absolute Gasteiger partial charge is 0.366 e. The maximum Gasteiger partial charge on any atom is 0.165 e. The summed E-state index contributed by atoms with van der Waals surface area (Å²) in [4.78, 5) is 25.6. The van der Waals surface area contributed by atoms with Gasteiger partial charge in [-0.2, -0.15) is 40.5 Å². The molecule has 0 aliphatic heterocycles. The van der Waals surface area contributed by atoms with Crippen molar-refractivity contribution in [1.82, 2.24) is 0 Å². The van der Waals surface area contributed by atoms with Gasteiger partial charge in [-0.15, -0.1) is 0 Å². The Balaban J connectivity index is 0.00000243. The van der Waals surface area contributed by atoms with E-state index in [1.807, 2.05) is 30.3 Å². The van der Waals surface area contributed by atoms with Crippen LogP contribution in [-0.4, -0.2) is 17.7 Å². The summed E-state index contributed by atoms with van der Waals surface area (Å²) < 4.78 is 6.08. The lowest BCUT2D eigenvalue weighted by Crippen LogP contribution is -2.40. The Morgan fingerprint density at radius 1 is 1.07 bits per heavy atom. The normalized spacial score (nSPS) is 24.4. The molecule has 2 aliphatic rings. The summed E-state index contributed by atoms with van der Waals surface area (Å²) in [5, 5.41) is 0. The standard InChI is InChI=1S/C22H30O3.3H2S/c1-15(2)13-20(25-14-16-7-4-3-5-8-16)22(24)18-10-6-9-17-11-12-19(23)21(17)18;;;/h3-5,7-8,15,17-18,20-21H,6,9-14H2,1-2H3;3*1H2/t17-,18?,20-,21+;;;/m0.../s1. The number of carbonyl (C=O) groups excluding carboxylic acids is 2. The molecule has 1 aromatic carbocycles. The van der Waals surface area contributed by atoms with Crippen LogP contribution in [-0.2, 0) is 20.9 Å². The van der Waals surface area contributed by atoms with Crippen LogP contribution in [0.25, 0.3) is 0 Å². The van der Waals surface area contributed by atoms with Gasteiger partial charge in [-0.05, 0) is 43.1 Å². The van der Waals surface area contributed by atoms with E-state index in [0.29, 0.717) is 30.6 Å². The third-order valence-electron chi connectivity index (χ3n) is 5.83. The van der Waals surface area contributed by atoms with Crippen LogP contribution in [0.3, 0.4) is 0 Å². The fraction of sp³-hybridized carbons (Fsp3) is 0.636. The quantitative estimate of drug-likeness (QED) is 0.599. The third kappa shape index (κ3) is 6.82. The highest BCUT2D eigenvalue weighted by Gasteiger charge is 2.46. The molecule has 3 rings (SSSR count). The van der Waals surface area contributed by atoms with Crippen LogP contribution < -0.4 is 0 Å². The van der Waals surface area contributed by atoms with Gasteiger partial charge in [0.25, 0.3) is 0 Å². The van der Waals surface area contributed by atoms with Gasteiger partial charge >= 0.3 is 0 Å². The predicted octanol–water partition coefficient (Wildman–Crippen LogP) is 4.92. The molecule has 2 fully saturated rings. The molecule has 0 aromatic heterocycles. The zero-order chi connectivity index (χ0) is 17.8. The molecule has 0 spiro atoms. The number of ether oxygens (including phenoxy) is 1. The highest BCUT2D eigenvalue weighted by atomic mass is 32.1. The molecule has 0 N–H and O–H groups in total. The molecular formula is C22H36O3S3. The maximum absolute atomic E-state index is 13.3. The Morgan fingerprint density at radius 2 is 1.75 bits per heavy atom. The van der Waals surface area contributed by atoms with Crippen LogP contribution in [0.5, 0.6) is 0 Å². The Morgan fingerprint density at radius 3 is 2.39 bits per heavy atom. The molecule has 28 heavy (non-hydrogen) atoms. The van der Waals surface area contributed by atoms with Gasteiger partial charge in [0.15, 0.2) is 5.78 Å². The smallest absolute Gasteiger partial charge is 0.165 e. The minimum atomic E-state index is -0.391. The van der Waals surface area contributed by atoms with Crippen molar-refractivity contribution in [2.45, 2.75) is 65.1 Å². The number of hydrogen-bond acceptors (Lipinski definition) is 3. The first-order chi connectivity index (χ1) is 12.1. The molecule has 0 amide bonds. The number of rotatable bonds is 7. The van der Waals surface area contributed by atoms with Crippen molar-refractivity contribution < 1.29 is 14.3 Å². The lowest BCUT2D eigenvalue weighted by Gasteiger charge is -2.34. The van der Waals surface area contributed by atoms with Gasteiger partial charge in [0.2, 0.25) is 0 Å². The van der Waals surface area contributed by atoms with E-state index in [-0.39, 0.29) is 58.1 Å². The van der Waals surface area contributed by atoms with Crippen molar-refractivity contribution in [3.8, 4) is 0 Å². The van der Waals surface area contributed by atoms with Crippen LogP contribution in [0, 0.1) is 23.7 Å². The highest BCUT2D eigenvalue weighted by Crippen LogP contribution is 2.44. The average molecular weight is 445 g/mol. The van der Waals surface area contributed by atoms with Crippen molar-refractivity contribution >= 4 is 52.1 Å². The first-order valence-electron chi connectivity index (χ1n) is 9.78. The van der Waals surface area contributed by atoms with Crippen LogP contribution in [0.2, 0.25) is 0 Å². The summed E-state index contributed by atoms with van der Waals surface area (Å²) in [7, 11) is 0. The zero-order valence-corrected chi connectivity index (χ0v) is 19.9. The van der Waals surface area contributed by atoms with E-state index in [4.69, 9.17) is 4.74 Å². The van der Waals surface area contributed by atoms with Gasteiger partial charge in [-0.1, -0.05) is 50.6 Å². The minimum absolute atomic E-state index is 0. The minimum Gasteiger partial charge on any atom is -0.366 e. The van der Waals surface area contributed by atoms with Gasteiger partial charge < -0.3 is 4.74 Å². The molecule has 2 saturated carbocycles.